The van der Waals surface area contributed by atoms with E-state index in [1.54, 1.807) is 7.11 Å². The Kier molecular flexibility index (Phi) is 7.75. The van der Waals surface area contributed by atoms with Crippen LogP contribution in [0.4, 0.5) is 0 Å². The number of sulfone groups is 1. The van der Waals surface area contributed by atoms with Crippen LogP contribution in [-0.4, -0.2) is 52.1 Å². The molecule has 0 unspecified atom stereocenters. The van der Waals surface area contributed by atoms with Crippen molar-refractivity contribution in [3.63, 3.8) is 0 Å². The summed E-state index contributed by atoms with van der Waals surface area (Å²) in [6, 6.07) is 8.07. The molecule has 0 heterocycles. The molecular weight excluding hydrogens is 466 g/mol. The van der Waals surface area contributed by atoms with Crippen molar-refractivity contribution in [2.24, 2.45) is 29.4 Å². The highest BCUT2D eigenvalue weighted by molar-refractivity contribution is 7.91. The summed E-state index contributed by atoms with van der Waals surface area (Å²) in [6.45, 7) is 0.293. The third-order valence-corrected chi connectivity index (χ3v) is 10.7. The molecule has 0 saturated heterocycles. The summed E-state index contributed by atoms with van der Waals surface area (Å²) in [6.07, 6.45) is 10.5. The van der Waals surface area contributed by atoms with E-state index in [-0.39, 0.29) is 30.8 Å². The van der Waals surface area contributed by atoms with Crippen LogP contribution < -0.4 is 10.5 Å². The van der Waals surface area contributed by atoms with Crippen molar-refractivity contribution in [1.82, 2.24) is 0 Å². The van der Waals surface area contributed by atoms with Gasteiger partial charge in [-0.3, -0.25) is 0 Å². The molecule has 8 heteroatoms. The molecule has 4 bridgehead atoms. The monoisotopic (exact) mass is 507 g/mol. The number of nitrogens with two attached hydrogens (primary N) is 1. The van der Waals surface area contributed by atoms with Gasteiger partial charge in [0.05, 0.1) is 17.6 Å². The van der Waals surface area contributed by atoms with Crippen molar-refractivity contribution < 1.29 is 27.7 Å². The molecule has 5 aliphatic carbocycles. The maximum absolute atomic E-state index is 11.8. The first-order valence-corrected chi connectivity index (χ1v) is 15.3. The van der Waals surface area contributed by atoms with Gasteiger partial charge in [-0.05, 0) is 93.2 Å². The van der Waals surface area contributed by atoms with Crippen LogP contribution in [0.15, 0.2) is 24.3 Å². The smallest absolute Gasteiger partial charge is 0.207 e. The van der Waals surface area contributed by atoms with Gasteiger partial charge < -0.3 is 15.2 Å². The van der Waals surface area contributed by atoms with Crippen molar-refractivity contribution in [3.8, 4) is 5.75 Å². The van der Waals surface area contributed by atoms with Crippen molar-refractivity contribution in [2.45, 2.75) is 75.6 Å². The van der Waals surface area contributed by atoms with Gasteiger partial charge in [0.1, 0.15) is 12.4 Å². The van der Waals surface area contributed by atoms with E-state index >= 15 is 0 Å². The third kappa shape index (κ3) is 5.57. The summed E-state index contributed by atoms with van der Waals surface area (Å²) in [5, 5.41) is 0. The molecule has 1 aromatic carbocycles. The fraction of sp³-hybridized carbons (Fsp3) is 0.778. The highest BCUT2D eigenvalue weighted by atomic mass is 32.2. The minimum Gasteiger partial charge on any atom is -0.493 e. The van der Waals surface area contributed by atoms with E-state index in [9.17, 15) is 8.42 Å². The Balaban J connectivity index is 1.07. The summed E-state index contributed by atoms with van der Waals surface area (Å²) < 4.78 is 35.2. The van der Waals surface area contributed by atoms with Crippen LogP contribution in [0.25, 0.3) is 0 Å². The Morgan fingerprint density at radius 3 is 2.11 bits per heavy atom. The standard InChI is InChI=1S/C27H41NO6S/c1-31-27(23-15-19-14-20(17-23)18-24(27)16-19)34-33-26-8-4-22(5-9-26)21-2-6-25(7-3-21)32-11-13-35(29,30)12-10-28/h2-3,6-7,19-20,22-24,26H,4-5,8-18,28H2,1H3/t19?,20?,22-,23?,24?,26+,27?. The Morgan fingerprint density at radius 2 is 1.54 bits per heavy atom. The number of rotatable bonds is 11. The van der Waals surface area contributed by atoms with Crippen LogP contribution in [0.1, 0.15) is 69.3 Å². The molecule has 2 N–H and O–H groups in total. The molecule has 0 aromatic heterocycles. The largest absolute Gasteiger partial charge is 0.493 e. The minimum atomic E-state index is -3.14. The van der Waals surface area contributed by atoms with Crippen molar-refractivity contribution in [1.29, 1.82) is 0 Å². The number of methoxy groups -OCH3 is 1. The van der Waals surface area contributed by atoms with E-state index in [0.717, 1.165) is 37.5 Å². The van der Waals surface area contributed by atoms with Crippen LogP contribution >= 0.6 is 0 Å². The normalized spacial score (nSPS) is 36.4. The van der Waals surface area contributed by atoms with Gasteiger partial charge in [-0.2, -0.15) is 0 Å². The molecule has 1 aromatic rings. The zero-order valence-corrected chi connectivity index (χ0v) is 21.7. The number of benzene rings is 1. The maximum atomic E-state index is 11.8. The summed E-state index contributed by atoms with van der Waals surface area (Å²) >= 11 is 0. The van der Waals surface area contributed by atoms with Crippen LogP contribution in [0.5, 0.6) is 5.75 Å². The molecule has 35 heavy (non-hydrogen) atoms. The average molecular weight is 508 g/mol. The molecule has 6 rings (SSSR count). The first-order valence-electron chi connectivity index (χ1n) is 13.4. The second-order valence-electron chi connectivity index (χ2n) is 11.2. The quantitative estimate of drug-likeness (QED) is 0.272. The third-order valence-electron chi connectivity index (χ3n) is 9.03. The lowest BCUT2D eigenvalue weighted by Crippen LogP contribution is -2.60. The van der Waals surface area contributed by atoms with Gasteiger partial charge in [0, 0.05) is 25.5 Å². The van der Waals surface area contributed by atoms with Crippen LogP contribution in [0, 0.1) is 23.7 Å². The maximum Gasteiger partial charge on any atom is 0.207 e. The van der Waals surface area contributed by atoms with Gasteiger partial charge in [0.25, 0.3) is 0 Å². The Hall–Kier alpha value is -1.19. The first kappa shape index (κ1) is 25.5. The van der Waals surface area contributed by atoms with Crippen molar-refractivity contribution in [2.75, 3.05) is 31.8 Å². The second-order valence-corrected chi connectivity index (χ2v) is 13.5. The molecule has 5 fully saturated rings. The zero-order valence-electron chi connectivity index (χ0n) is 20.9. The van der Waals surface area contributed by atoms with Gasteiger partial charge in [-0.25, -0.2) is 18.2 Å². The van der Waals surface area contributed by atoms with E-state index in [1.165, 1.54) is 37.7 Å². The average Bonchev–Trinajstić information content (AvgIpc) is 2.84. The Morgan fingerprint density at radius 1 is 0.914 bits per heavy atom. The SMILES string of the molecule is COC1(OO[C@H]2CC[C@@H](c3ccc(OCCS(=O)(=O)CCN)cc3)CC2)C2CC3CC(C2)CC1C3. The molecule has 7 nitrogen and oxygen atoms in total. The highest BCUT2D eigenvalue weighted by Gasteiger charge is 2.60. The van der Waals surface area contributed by atoms with Gasteiger partial charge in [-0.1, -0.05) is 12.1 Å². The lowest BCUT2D eigenvalue weighted by molar-refractivity contribution is -0.485. The molecule has 0 amide bonds. The van der Waals surface area contributed by atoms with E-state index < -0.39 is 15.6 Å². The number of ether oxygens (including phenoxy) is 2. The predicted molar refractivity (Wildman–Crippen MR) is 134 cm³/mol. The minimum absolute atomic E-state index is 0.00126. The summed E-state index contributed by atoms with van der Waals surface area (Å²) in [5.41, 5.74) is 6.63. The van der Waals surface area contributed by atoms with Gasteiger partial charge in [0.15, 0.2) is 9.84 Å². The van der Waals surface area contributed by atoms with E-state index in [1.807, 2.05) is 12.1 Å². The first-order chi connectivity index (χ1) is 16.9. The number of hydrogen-bond donors (Lipinski definition) is 1. The molecule has 196 valence electrons. The summed E-state index contributed by atoms with van der Waals surface area (Å²) in [7, 11) is -1.33. The fourth-order valence-corrected chi connectivity index (χ4v) is 8.28. The summed E-state index contributed by atoms with van der Waals surface area (Å²) in [5.74, 6) is 3.31. The van der Waals surface area contributed by atoms with Gasteiger partial charge >= 0.3 is 0 Å². The molecule has 5 saturated carbocycles. The Labute approximate surface area is 209 Å². The highest BCUT2D eigenvalue weighted by Crippen LogP contribution is 2.60. The van der Waals surface area contributed by atoms with Crippen LogP contribution in [0.3, 0.4) is 0 Å². The van der Waals surface area contributed by atoms with Gasteiger partial charge in [-0.15, -0.1) is 0 Å². The van der Waals surface area contributed by atoms with Crippen LogP contribution in [0.2, 0.25) is 0 Å². The molecular formula is C27H41NO6S. The zero-order chi connectivity index (χ0) is 24.5. The lowest BCUT2D eigenvalue weighted by Gasteiger charge is -2.58. The van der Waals surface area contributed by atoms with E-state index in [0.29, 0.717) is 23.5 Å². The van der Waals surface area contributed by atoms with Crippen molar-refractivity contribution >= 4 is 9.84 Å². The number of hydrogen-bond acceptors (Lipinski definition) is 7. The predicted octanol–water partition coefficient (Wildman–Crippen LogP) is 4.21. The van der Waals surface area contributed by atoms with E-state index in [2.05, 4.69) is 12.1 Å². The molecule has 0 spiro atoms. The molecule has 0 radical (unpaired) electrons. The lowest BCUT2D eigenvalue weighted by atomic mass is 9.53. The Bertz CT molecular complexity index is 913. The van der Waals surface area contributed by atoms with Crippen LogP contribution in [-0.2, 0) is 24.3 Å². The molecule has 0 aliphatic heterocycles. The summed E-state index contributed by atoms with van der Waals surface area (Å²) in [4.78, 5) is 12.3. The topological polar surface area (TPSA) is 97.1 Å². The fourth-order valence-electron chi connectivity index (χ4n) is 7.38. The second kappa shape index (κ2) is 10.7. The molecule has 0 atom stereocenters. The molecule has 5 aliphatic rings. The van der Waals surface area contributed by atoms with E-state index in [4.69, 9.17) is 25.0 Å². The van der Waals surface area contributed by atoms with Crippen molar-refractivity contribution in [3.05, 3.63) is 29.8 Å². The van der Waals surface area contributed by atoms with Gasteiger partial charge in [0.2, 0.25) is 5.79 Å².